The number of nitrogens with one attached hydrogen (secondary N) is 2. The average Bonchev–Trinajstić information content (AvgIpc) is 2.95. The van der Waals surface area contributed by atoms with Gasteiger partial charge >= 0.3 is 6.09 Å². The van der Waals surface area contributed by atoms with Crippen LogP contribution >= 0.6 is 23.2 Å². The van der Waals surface area contributed by atoms with Crippen molar-refractivity contribution in [3.05, 3.63) is 57.7 Å². The molecule has 0 spiro atoms. The lowest BCUT2D eigenvalue weighted by molar-refractivity contribution is 0.193. The van der Waals surface area contributed by atoms with Crippen LogP contribution in [0.2, 0.25) is 10.0 Å². The van der Waals surface area contributed by atoms with Crippen molar-refractivity contribution >= 4 is 40.5 Å². The maximum absolute atomic E-state index is 12.7. The summed E-state index contributed by atoms with van der Waals surface area (Å²) in [6.07, 6.45) is 3.98. The van der Waals surface area contributed by atoms with Crippen LogP contribution in [0.4, 0.5) is 9.18 Å². The summed E-state index contributed by atoms with van der Waals surface area (Å²) in [6.45, 7) is 0.0350. The van der Waals surface area contributed by atoms with Crippen LogP contribution in [0.5, 0.6) is 0 Å². The number of amides is 1. The third kappa shape index (κ3) is 5.35. The summed E-state index contributed by atoms with van der Waals surface area (Å²) in [7, 11) is 0. The van der Waals surface area contributed by atoms with Crippen molar-refractivity contribution < 1.29 is 14.3 Å². The fourth-order valence-electron chi connectivity index (χ4n) is 1.77. The van der Waals surface area contributed by atoms with Crippen molar-refractivity contribution in [2.24, 2.45) is 0 Å². The number of imidazole rings is 1. The molecule has 9 heteroatoms. The summed E-state index contributed by atoms with van der Waals surface area (Å²) in [6, 6.07) is 7.75. The number of benzene rings is 1. The Labute approximate surface area is 152 Å². The van der Waals surface area contributed by atoms with Crippen molar-refractivity contribution in [1.82, 2.24) is 20.3 Å². The van der Waals surface area contributed by atoms with Crippen LogP contribution in [-0.4, -0.2) is 26.2 Å². The highest BCUT2D eigenvalue weighted by molar-refractivity contribution is 6.35. The molecule has 3 aromatic rings. The van der Waals surface area contributed by atoms with Gasteiger partial charge in [0.25, 0.3) is 0 Å². The number of fused-ring (bicyclic) bond motifs is 1. The van der Waals surface area contributed by atoms with Gasteiger partial charge in [-0.1, -0.05) is 29.1 Å². The highest BCUT2D eigenvalue weighted by Gasteiger charge is 2.05. The number of H-pyrrole nitrogens is 1. The first-order valence-electron chi connectivity index (χ1n) is 6.78. The van der Waals surface area contributed by atoms with E-state index in [1.54, 1.807) is 18.2 Å². The molecule has 128 valence electrons. The van der Waals surface area contributed by atoms with E-state index in [-0.39, 0.29) is 12.2 Å². The van der Waals surface area contributed by atoms with Gasteiger partial charge in [0, 0.05) is 10.6 Å². The van der Waals surface area contributed by atoms with Gasteiger partial charge in [-0.05, 0) is 30.3 Å². The third-order valence-electron chi connectivity index (χ3n) is 2.85. The van der Waals surface area contributed by atoms with Gasteiger partial charge in [-0.15, -0.1) is 6.42 Å². The Balaban J connectivity index is 0.000000196. The molecule has 0 fully saturated rings. The molecule has 0 atom stereocenters. The van der Waals surface area contributed by atoms with E-state index in [0.717, 1.165) is 0 Å². The Morgan fingerprint density at radius 1 is 1.32 bits per heavy atom. The summed E-state index contributed by atoms with van der Waals surface area (Å²) >= 11 is 11.3. The Hall–Kier alpha value is -2.82. The largest absolute Gasteiger partial charge is 0.465 e. The average molecular weight is 381 g/mol. The Morgan fingerprint density at radius 3 is 2.72 bits per heavy atom. The first-order chi connectivity index (χ1) is 11.9. The summed E-state index contributed by atoms with van der Waals surface area (Å²) in [5.74, 6) is 2.21. The van der Waals surface area contributed by atoms with Crippen LogP contribution < -0.4 is 5.32 Å². The van der Waals surface area contributed by atoms with Crippen LogP contribution in [-0.2, 0) is 6.54 Å². The summed E-state index contributed by atoms with van der Waals surface area (Å²) < 4.78 is 12.7. The van der Waals surface area contributed by atoms with E-state index in [2.05, 4.69) is 26.2 Å². The molecule has 0 saturated carbocycles. The SMILES string of the molecule is C#Cc1ccc(Cl)cc1Cl.O=C(O)NCc1nc2nc(F)ccc2[nH]1. The maximum Gasteiger partial charge on any atom is 0.405 e. The molecule has 0 radical (unpaired) electrons. The number of aromatic nitrogens is 3. The van der Waals surface area contributed by atoms with Crippen LogP contribution in [0.1, 0.15) is 11.4 Å². The van der Waals surface area contributed by atoms with Crippen LogP contribution in [0, 0.1) is 18.3 Å². The number of hydrogen-bond donors (Lipinski definition) is 3. The zero-order chi connectivity index (χ0) is 18.4. The topological polar surface area (TPSA) is 90.9 Å². The predicted octanol–water partition coefficient (Wildman–Crippen LogP) is 3.84. The van der Waals surface area contributed by atoms with E-state index in [0.29, 0.717) is 26.9 Å². The molecule has 1 aromatic carbocycles. The van der Waals surface area contributed by atoms with E-state index >= 15 is 0 Å². The minimum absolute atomic E-state index is 0.0350. The molecule has 0 aliphatic rings. The minimum atomic E-state index is -1.14. The molecule has 0 aliphatic carbocycles. The monoisotopic (exact) mass is 380 g/mol. The van der Waals surface area contributed by atoms with Gasteiger partial charge in [0.1, 0.15) is 5.82 Å². The zero-order valence-electron chi connectivity index (χ0n) is 12.6. The second kappa shape index (κ2) is 8.33. The van der Waals surface area contributed by atoms with Gasteiger partial charge in [-0.2, -0.15) is 9.37 Å². The molecule has 2 heterocycles. The van der Waals surface area contributed by atoms with Crippen LogP contribution in [0.3, 0.4) is 0 Å². The number of carbonyl (C=O) groups is 1. The van der Waals surface area contributed by atoms with E-state index < -0.39 is 12.0 Å². The first kappa shape index (κ1) is 18.5. The number of halogens is 3. The molecule has 0 unspecified atom stereocenters. The second-order valence-corrected chi connectivity index (χ2v) is 5.46. The molecular formula is C16H11Cl2FN4O2. The standard InChI is InChI=1S/C8H4Cl2.C8H7FN4O2/c1-2-6-3-4-7(9)5-8(6)10;9-5-2-1-4-7(12-5)13-6(11-4)3-10-8(14)15/h1,3-5H;1-2,10H,3H2,(H,14,15)(H,11,12,13). The third-order valence-corrected chi connectivity index (χ3v) is 3.40. The van der Waals surface area contributed by atoms with Crippen molar-refractivity contribution in [3.8, 4) is 12.3 Å². The van der Waals surface area contributed by atoms with Crippen molar-refractivity contribution in [2.75, 3.05) is 0 Å². The van der Waals surface area contributed by atoms with E-state index in [1.807, 2.05) is 0 Å². The predicted molar refractivity (Wildman–Crippen MR) is 93.1 cm³/mol. The zero-order valence-corrected chi connectivity index (χ0v) is 14.1. The first-order valence-corrected chi connectivity index (χ1v) is 7.54. The molecule has 0 aliphatic heterocycles. The van der Waals surface area contributed by atoms with E-state index in [4.69, 9.17) is 34.7 Å². The fourth-order valence-corrected chi connectivity index (χ4v) is 2.23. The number of rotatable bonds is 2. The lowest BCUT2D eigenvalue weighted by Crippen LogP contribution is -2.20. The van der Waals surface area contributed by atoms with Gasteiger partial charge < -0.3 is 15.4 Å². The molecule has 3 N–H and O–H groups in total. The van der Waals surface area contributed by atoms with Gasteiger partial charge in [-0.3, -0.25) is 0 Å². The van der Waals surface area contributed by atoms with Gasteiger partial charge in [0.2, 0.25) is 5.95 Å². The number of pyridine rings is 1. The number of carboxylic acid groups (broad SMARTS) is 1. The smallest absolute Gasteiger partial charge is 0.405 e. The van der Waals surface area contributed by atoms with E-state index in [9.17, 15) is 9.18 Å². The molecule has 2 aromatic heterocycles. The lowest BCUT2D eigenvalue weighted by Gasteiger charge is -1.94. The number of nitrogens with zero attached hydrogens (tertiary/aromatic N) is 2. The highest BCUT2D eigenvalue weighted by atomic mass is 35.5. The molecule has 1 amide bonds. The van der Waals surface area contributed by atoms with Crippen LogP contribution in [0.15, 0.2) is 30.3 Å². The molecule has 6 nitrogen and oxygen atoms in total. The number of terminal acetylenes is 1. The normalized spacial score (nSPS) is 9.84. The van der Waals surface area contributed by atoms with Gasteiger partial charge in [-0.25, -0.2) is 9.78 Å². The molecule has 3 rings (SSSR count). The van der Waals surface area contributed by atoms with E-state index in [1.165, 1.54) is 12.1 Å². The second-order valence-electron chi connectivity index (χ2n) is 4.62. The fraction of sp³-hybridized carbons (Fsp3) is 0.0625. The quantitative estimate of drug-likeness (QED) is 0.465. The molecule has 0 bridgehead atoms. The Morgan fingerprint density at radius 2 is 2.08 bits per heavy atom. The highest BCUT2D eigenvalue weighted by Crippen LogP contribution is 2.19. The Kier molecular flexibility index (Phi) is 6.17. The van der Waals surface area contributed by atoms with Crippen molar-refractivity contribution in [2.45, 2.75) is 6.54 Å². The molecular weight excluding hydrogens is 370 g/mol. The minimum Gasteiger partial charge on any atom is -0.465 e. The van der Waals surface area contributed by atoms with Gasteiger partial charge in [0.15, 0.2) is 5.65 Å². The van der Waals surface area contributed by atoms with Crippen molar-refractivity contribution in [1.29, 1.82) is 0 Å². The maximum atomic E-state index is 12.7. The summed E-state index contributed by atoms with van der Waals surface area (Å²) in [4.78, 5) is 20.5. The summed E-state index contributed by atoms with van der Waals surface area (Å²) in [5.41, 5.74) is 1.47. The number of aromatic amines is 1. The Bertz CT molecular complexity index is 953. The summed E-state index contributed by atoms with van der Waals surface area (Å²) in [5, 5.41) is 11.6. The lowest BCUT2D eigenvalue weighted by atomic mass is 10.2. The van der Waals surface area contributed by atoms with Crippen molar-refractivity contribution in [3.63, 3.8) is 0 Å². The number of hydrogen-bond acceptors (Lipinski definition) is 3. The van der Waals surface area contributed by atoms with Crippen LogP contribution in [0.25, 0.3) is 11.2 Å². The molecule has 0 saturated heterocycles. The van der Waals surface area contributed by atoms with Gasteiger partial charge in [0.05, 0.1) is 17.1 Å². The molecule has 25 heavy (non-hydrogen) atoms.